The summed E-state index contributed by atoms with van der Waals surface area (Å²) in [5.41, 5.74) is 1.93. The van der Waals surface area contributed by atoms with E-state index in [2.05, 4.69) is 20.9 Å². The van der Waals surface area contributed by atoms with Crippen LogP contribution in [0.5, 0.6) is 0 Å². The Morgan fingerprint density at radius 3 is 2.33 bits per heavy atom. The Hall–Kier alpha value is -5.72. The number of likely N-dealkylation sites (tertiary alicyclic amines) is 1. The summed E-state index contributed by atoms with van der Waals surface area (Å²) in [4.78, 5) is 70.6. The highest BCUT2D eigenvalue weighted by Gasteiger charge is 2.39. The quantitative estimate of drug-likeness (QED) is 0.142. The van der Waals surface area contributed by atoms with Gasteiger partial charge in [-0.05, 0) is 75.9 Å². The number of aromatic amines is 1. The highest BCUT2D eigenvalue weighted by Crippen LogP contribution is 2.32. The molecule has 0 bridgehead atoms. The minimum absolute atomic E-state index is 0.0605. The van der Waals surface area contributed by atoms with Crippen LogP contribution in [-0.4, -0.2) is 75.8 Å². The van der Waals surface area contributed by atoms with Crippen LogP contribution in [0.25, 0.3) is 22.2 Å². The Morgan fingerprint density at radius 1 is 0.981 bits per heavy atom. The standard InChI is InChI=1S/C39H45FN6O6/c1-6-20-45(24(2)47)23-32(48)41-27-16-14-26(15-17-27)34-33(40)29-22-28(18-19-30(29)43-34)42-36(49)31-13-10-21-46(31)37(50)35(25-11-8-7-9-12-25)44-38(51)52-39(3,4)5/h7-9,11-12,14-19,22,31,35,43H,6,10,13,20-21,23H2,1-5H3,(H,41,48)(H,42,49)(H,44,51)/t31-,35-/m0/s1. The molecule has 4 N–H and O–H groups in total. The van der Waals surface area contributed by atoms with E-state index in [1.807, 2.05) is 6.92 Å². The molecule has 3 aromatic carbocycles. The smallest absolute Gasteiger partial charge is 0.408 e. The van der Waals surface area contributed by atoms with Gasteiger partial charge in [0.2, 0.25) is 17.7 Å². The number of benzene rings is 3. The summed E-state index contributed by atoms with van der Waals surface area (Å²) in [6.07, 6.45) is 0.988. The minimum Gasteiger partial charge on any atom is -0.444 e. The number of fused-ring (bicyclic) bond motifs is 1. The lowest BCUT2D eigenvalue weighted by molar-refractivity contribution is -0.138. The molecule has 0 unspecified atom stereocenters. The molecule has 2 heterocycles. The Kier molecular flexibility index (Phi) is 11.6. The van der Waals surface area contributed by atoms with Crippen molar-refractivity contribution in [1.82, 2.24) is 20.1 Å². The third-order valence-corrected chi connectivity index (χ3v) is 8.61. The van der Waals surface area contributed by atoms with Gasteiger partial charge in [-0.25, -0.2) is 9.18 Å². The molecule has 1 fully saturated rings. The van der Waals surface area contributed by atoms with Gasteiger partial charge in [0.15, 0.2) is 5.82 Å². The number of carbonyl (C=O) groups is 5. The topological polar surface area (TPSA) is 153 Å². The monoisotopic (exact) mass is 712 g/mol. The number of anilines is 2. The number of H-pyrrole nitrogens is 1. The van der Waals surface area contributed by atoms with Gasteiger partial charge >= 0.3 is 6.09 Å². The first-order chi connectivity index (χ1) is 24.7. The number of rotatable bonds is 11. The van der Waals surface area contributed by atoms with Crippen molar-refractivity contribution in [2.45, 2.75) is 71.6 Å². The van der Waals surface area contributed by atoms with Crippen molar-refractivity contribution in [1.29, 1.82) is 0 Å². The molecule has 1 saturated heterocycles. The van der Waals surface area contributed by atoms with Gasteiger partial charge in [0.25, 0.3) is 5.91 Å². The van der Waals surface area contributed by atoms with Gasteiger partial charge in [-0.1, -0.05) is 49.4 Å². The number of hydrogen-bond donors (Lipinski definition) is 4. The van der Waals surface area contributed by atoms with Gasteiger partial charge in [0.1, 0.15) is 17.7 Å². The largest absolute Gasteiger partial charge is 0.444 e. The van der Waals surface area contributed by atoms with Crippen LogP contribution in [0.15, 0.2) is 72.8 Å². The van der Waals surface area contributed by atoms with E-state index in [1.165, 1.54) is 22.8 Å². The summed E-state index contributed by atoms with van der Waals surface area (Å²) >= 11 is 0. The Bertz CT molecular complexity index is 1940. The van der Waals surface area contributed by atoms with Gasteiger partial charge in [0.05, 0.1) is 12.2 Å². The highest BCUT2D eigenvalue weighted by atomic mass is 19.1. The van der Waals surface area contributed by atoms with Gasteiger partial charge < -0.3 is 35.5 Å². The lowest BCUT2D eigenvalue weighted by Gasteiger charge is -2.29. The Balaban J connectivity index is 1.28. The van der Waals surface area contributed by atoms with Crippen LogP contribution in [0.4, 0.5) is 20.6 Å². The molecule has 2 atom stereocenters. The molecule has 0 spiro atoms. The molecule has 12 nitrogen and oxygen atoms in total. The lowest BCUT2D eigenvalue weighted by atomic mass is 10.0. The Labute approximate surface area is 302 Å². The summed E-state index contributed by atoms with van der Waals surface area (Å²) in [5, 5.41) is 8.56. The Morgan fingerprint density at radius 2 is 1.67 bits per heavy atom. The maximum Gasteiger partial charge on any atom is 0.408 e. The molecule has 0 aliphatic carbocycles. The van der Waals surface area contributed by atoms with Crippen LogP contribution in [0.2, 0.25) is 0 Å². The predicted octanol–water partition coefficient (Wildman–Crippen LogP) is 6.37. The number of ether oxygens (including phenoxy) is 1. The number of nitrogens with one attached hydrogen (secondary N) is 4. The second-order valence-electron chi connectivity index (χ2n) is 13.8. The molecule has 5 amide bonds. The third-order valence-electron chi connectivity index (χ3n) is 8.61. The van der Waals surface area contributed by atoms with Gasteiger partial charge in [-0.2, -0.15) is 0 Å². The van der Waals surface area contributed by atoms with Crippen molar-refractivity contribution in [3.63, 3.8) is 0 Å². The summed E-state index contributed by atoms with van der Waals surface area (Å²) in [6, 6.07) is 18.4. The average molecular weight is 713 g/mol. The number of aromatic nitrogens is 1. The number of carbonyl (C=O) groups excluding carboxylic acids is 5. The van der Waals surface area contributed by atoms with E-state index >= 15 is 4.39 Å². The van der Waals surface area contributed by atoms with E-state index in [0.717, 1.165) is 6.42 Å². The lowest BCUT2D eigenvalue weighted by Crippen LogP contribution is -2.49. The van der Waals surface area contributed by atoms with Crippen LogP contribution in [0.3, 0.4) is 0 Å². The summed E-state index contributed by atoms with van der Waals surface area (Å²) in [6.45, 7) is 9.28. The van der Waals surface area contributed by atoms with Crippen molar-refractivity contribution in [2.24, 2.45) is 0 Å². The predicted molar refractivity (Wildman–Crippen MR) is 197 cm³/mol. The zero-order valence-corrected chi connectivity index (χ0v) is 30.0. The van der Waals surface area contributed by atoms with E-state index in [0.29, 0.717) is 53.9 Å². The van der Waals surface area contributed by atoms with E-state index in [-0.39, 0.29) is 29.4 Å². The second kappa shape index (κ2) is 16.1. The molecule has 5 rings (SSSR count). The normalized spacial score (nSPS) is 14.8. The van der Waals surface area contributed by atoms with Crippen molar-refractivity contribution in [2.75, 3.05) is 30.3 Å². The van der Waals surface area contributed by atoms with Gasteiger partial charge in [-0.15, -0.1) is 0 Å². The molecule has 52 heavy (non-hydrogen) atoms. The summed E-state index contributed by atoms with van der Waals surface area (Å²) in [7, 11) is 0. The number of amides is 5. The fourth-order valence-corrected chi connectivity index (χ4v) is 6.20. The summed E-state index contributed by atoms with van der Waals surface area (Å²) in [5.74, 6) is -1.89. The van der Waals surface area contributed by atoms with Gasteiger partial charge in [0, 0.05) is 47.9 Å². The van der Waals surface area contributed by atoms with Crippen molar-refractivity contribution < 1.29 is 33.1 Å². The SMILES string of the molecule is CCCN(CC(=O)Nc1ccc(-c2[nH]c3ccc(NC(=O)[C@@H]4CCCN4C(=O)[C@@H](NC(=O)OC(C)(C)C)c4ccccc4)cc3c2F)cc1)C(C)=O. The molecule has 1 aliphatic rings. The van der Waals surface area contributed by atoms with Crippen LogP contribution < -0.4 is 16.0 Å². The van der Waals surface area contributed by atoms with Crippen LogP contribution in [0, 0.1) is 5.82 Å². The summed E-state index contributed by atoms with van der Waals surface area (Å²) < 4.78 is 21.2. The molecule has 4 aromatic rings. The van der Waals surface area contributed by atoms with Crippen molar-refractivity contribution >= 4 is 52.0 Å². The van der Waals surface area contributed by atoms with E-state index in [9.17, 15) is 24.0 Å². The maximum atomic E-state index is 15.8. The molecular weight excluding hydrogens is 667 g/mol. The zero-order valence-electron chi connectivity index (χ0n) is 30.0. The molecule has 13 heteroatoms. The molecule has 0 radical (unpaired) electrons. The fourth-order valence-electron chi connectivity index (χ4n) is 6.20. The van der Waals surface area contributed by atoms with Crippen molar-refractivity contribution in [3.05, 3.63) is 84.2 Å². The van der Waals surface area contributed by atoms with Crippen LogP contribution in [-0.2, 0) is 23.9 Å². The first-order valence-electron chi connectivity index (χ1n) is 17.4. The minimum atomic E-state index is -1.07. The van der Waals surface area contributed by atoms with E-state index < -0.39 is 41.4 Å². The molecule has 274 valence electrons. The number of nitrogens with zero attached hydrogens (tertiary/aromatic N) is 2. The first-order valence-corrected chi connectivity index (χ1v) is 17.4. The highest BCUT2D eigenvalue weighted by molar-refractivity contribution is 6.01. The fraction of sp³-hybridized carbons (Fsp3) is 0.359. The molecule has 1 aliphatic heterocycles. The van der Waals surface area contributed by atoms with Crippen LogP contribution >= 0.6 is 0 Å². The third kappa shape index (κ3) is 9.14. The van der Waals surface area contributed by atoms with Gasteiger partial charge in [-0.3, -0.25) is 19.2 Å². The number of alkyl carbamates (subject to hydrolysis) is 1. The maximum absolute atomic E-state index is 15.8. The molecule has 0 saturated carbocycles. The zero-order chi connectivity index (χ0) is 37.6. The molecule has 1 aromatic heterocycles. The van der Waals surface area contributed by atoms with E-state index in [4.69, 9.17) is 4.74 Å². The average Bonchev–Trinajstić information content (AvgIpc) is 3.72. The number of hydrogen-bond acceptors (Lipinski definition) is 6. The van der Waals surface area contributed by atoms with E-state index in [1.54, 1.807) is 87.5 Å². The van der Waals surface area contributed by atoms with Crippen LogP contribution in [0.1, 0.15) is 65.5 Å². The number of halogens is 1. The van der Waals surface area contributed by atoms with Crippen molar-refractivity contribution in [3.8, 4) is 11.3 Å². The first kappa shape index (κ1) is 37.5. The molecular formula is C39H45FN6O6. The second-order valence-corrected chi connectivity index (χ2v) is 13.8.